The van der Waals surface area contributed by atoms with Crippen LogP contribution in [0.1, 0.15) is 23.1 Å². The number of ether oxygens (including phenoxy) is 1. The van der Waals surface area contributed by atoms with Crippen LogP contribution in [0, 0.1) is 0 Å². The summed E-state index contributed by atoms with van der Waals surface area (Å²) in [5, 5.41) is 16.4. The van der Waals surface area contributed by atoms with Gasteiger partial charge in [-0.05, 0) is 35.5 Å². The minimum Gasteiger partial charge on any atom is -0.486 e. The van der Waals surface area contributed by atoms with Gasteiger partial charge in [0.1, 0.15) is 12.4 Å². The lowest BCUT2D eigenvalue weighted by Crippen LogP contribution is -2.12. The van der Waals surface area contributed by atoms with Crippen LogP contribution >= 0.6 is 11.3 Å². The maximum Gasteiger partial charge on any atom is 0.257 e. The highest BCUT2D eigenvalue weighted by atomic mass is 32.1. The van der Waals surface area contributed by atoms with Crippen LogP contribution in [0.3, 0.4) is 0 Å². The number of benzene rings is 1. The molecule has 0 spiro atoms. The van der Waals surface area contributed by atoms with Crippen molar-refractivity contribution in [1.29, 1.82) is 0 Å². The predicted molar refractivity (Wildman–Crippen MR) is 84.3 cm³/mol. The second-order valence-electron chi connectivity index (χ2n) is 4.52. The third-order valence-corrected chi connectivity index (χ3v) is 3.71. The Hall–Kier alpha value is -2.81. The maximum absolute atomic E-state index is 12.2. The van der Waals surface area contributed by atoms with E-state index in [0.717, 1.165) is 0 Å². The number of aromatic nitrogens is 5. The predicted octanol–water partition coefficient (Wildman–Crippen LogP) is 1.98. The van der Waals surface area contributed by atoms with E-state index in [1.54, 1.807) is 40.5 Å². The topological polar surface area (TPSA) is 94.8 Å². The van der Waals surface area contributed by atoms with Crippen molar-refractivity contribution >= 4 is 22.4 Å². The number of nitrogens with zero attached hydrogens (tertiary/aromatic N) is 5. The third kappa shape index (κ3) is 3.69. The van der Waals surface area contributed by atoms with E-state index in [4.69, 9.17) is 4.74 Å². The Bertz CT molecular complexity index is 786. The van der Waals surface area contributed by atoms with Gasteiger partial charge in [0.2, 0.25) is 0 Å². The monoisotopic (exact) mass is 330 g/mol. The second-order valence-corrected chi connectivity index (χ2v) is 5.41. The molecule has 1 N–H and O–H groups in total. The molecule has 3 rings (SSSR count). The zero-order valence-electron chi connectivity index (χ0n) is 12.3. The molecule has 0 aliphatic carbocycles. The van der Waals surface area contributed by atoms with Gasteiger partial charge in [-0.3, -0.25) is 10.1 Å². The molecule has 3 aromatic rings. The highest BCUT2D eigenvalue weighted by Gasteiger charge is 2.10. The molecule has 0 saturated heterocycles. The molecule has 0 bridgehead atoms. The number of anilines is 1. The smallest absolute Gasteiger partial charge is 0.257 e. The second kappa shape index (κ2) is 6.97. The first-order valence-electron chi connectivity index (χ1n) is 6.95. The Labute approximate surface area is 136 Å². The van der Waals surface area contributed by atoms with Gasteiger partial charge >= 0.3 is 0 Å². The standard InChI is InChI=1S/C14H14N6O2S/c1-2-20-12(17-18-19-20)9-22-11-5-3-4-10(8-11)13(21)16-14-15-6-7-23-14/h3-8H,2,9H2,1H3,(H,15,16,21). The van der Waals surface area contributed by atoms with Crippen LogP contribution in [0.5, 0.6) is 5.75 Å². The summed E-state index contributed by atoms with van der Waals surface area (Å²) in [5.41, 5.74) is 0.493. The molecule has 0 aliphatic heterocycles. The number of thiazole rings is 1. The molecule has 1 aromatic carbocycles. The molecule has 2 aromatic heterocycles. The summed E-state index contributed by atoms with van der Waals surface area (Å²) in [7, 11) is 0. The Morgan fingerprint density at radius 1 is 1.43 bits per heavy atom. The van der Waals surface area contributed by atoms with Crippen LogP contribution in [0.25, 0.3) is 0 Å². The summed E-state index contributed by atoms with van der Waals surface area (Å²) in [5.74, 6) is 0.969. The lowest BCUT2D eigenvalue weighted by molar-refractivity contribution is 0.102. The van der Waals surface area contributed by atoms with Crippen molar-refractivity contribution in [3.8, 4) is 5.75 Å². The first-order valence-corrected chi connectivity index (χ1v) is 7.83. The molecule has 2 heterocycles. The van der Waals surface area contributed by atoms with Crippen molar-refractivity contribution in [2.45, 2.75) is 20.1 Å². The van der Waals surface area contributed by atoms with Crippen molar-refractivity contribution in [3.63, 3.8) is 0 Å². The molecule has 1 amide bonds. The van der Waals surface area contributed by atoms with Crippen molar-refractivity contribution in [2.75, 3.05) is 5.32 Å². The van der Waals surface area contributed by atoms with Crippen LogP contribution in [0.15, 0.2) is 35.8 Å². The van der Waals surface area contributed by atoms with Crippen LogP contribution in [0.4, 0.5) is 5.13 Å². The number of carbonyl (C=O) groups is 1. The van der Waals surface area contributed by atoms with E-state index in [9.17, 15) is 4.79 Å². The van der Waals surface area contributed by atoms with E-state index < -0.39 is 0 Å². The van der Waals surface area contributed by atoms with E-state index in [1.165, 1.54) is 11.3 Å². The van der Waals surface area contributed by atoms with E-state index >= 15 is 0 Å². The first-order chi connectivity index (χ1) is 11.3. The highest BCUT2D eigenvalue weighted by molar-refractivity contribution is 7.13. The average molecular weight is 330 g/mol. The Morgan fingerprint density at radius 3 is 3.13 bits per heavy atom. The summed E-state index contributed by atoms with van der Waals surface area (Å²) in [4.78, 5) is 16.2. The van der Waals surface area contributed by atoms with E-state index in [-0.39, 0.29) is 12.5 Å². The summed E-state index contributed by atoms with van der Waals surface area (Å²) < 4.78 is 7.31. The number of carbonyl (C=O) groups excluding carboxylic acids is 1. The molecule has 0 saturated carbocycles. The number of amides is 1. The summed E-state index contributed by atoms with van der Waals surface area (Å²) in [6.07, 6.45) is 1.64. The number of tetrazole rings is 1. The van der Waals surface area contributed by atoms with Gasteiger partial charge in [-0.25, -0.2) is 9.67 Å². The lowest BCUT2D eigenvalue weighted by atomic mass is 10.2. The minimum absolute atomic E-state index is 0.233. The summed E-state index contributed by atoms with van der Waals surface area (Å²) in [6, 6.07) is 6.92. The zero-order chi connectivity index (χ0) is 16.1. The summed E-state index contributed by atoms with van der Waals surface area (Å²) >= 11 is 1.36. The van der Waals surface area contributed by atoms with Crippen LogP contribution < -0.4 is 10.1 Å². The number of hydrogen-bond donors (Lipinski definition) is 1. The maximum atomic E-state index is 12.2. The molecule has 0 fully saturated rings. The molecular weight excluding hydrogens is 316 g/mol. The largest absolute Gasteiger partial charge is 0.486 e. The van der Waals surface area contributed by atoms with Crippen LogP contribution in [0.2, 0.25) is 0 Å². The van der Waals surface area contributed by atoms with Crippen molar-refractivity contribution in [3.05, 3.63) is 47.2 Å². The molecule has 8 nitrogen and oxygen atoms in total. The normalized spacial score (nSPS) is 10.5. The molecule has 0 unspecified atom stereocenters. The fourth-order valence-corrected chi connectivity index (χ4v) is 2.43. The van der Waals surface area contributed by atoms with Gasteiger partial charge in [-0.2, -0.15) is 0 Å². The Kier molecular flexibility index (Phi) is 4.57. The van der Waals surface area contributed by atoms with E-state index in [1.807, 2.05) is 6.92 Å². The highest BCUT2D eigenvalue weighted by Crippen LogP contribution is 2.17. The van der Waals surface area contributed by atoms with Gasteiger partial charge in [-0.1, -0.05) is 6.07 Å². The third-order valence-electron chi connectivity index (χ3n) is 3.02. The Morgan fingerprint density at radius 2 is 2.35 bits per heavy atom. The van der Waals surface area contributed by atoms with E-state index in [0.29, 0.717) is 28.8 Å². The first kappa shape index (κ1) is 15.1. The number of aryl methyl sites for hydroxylation is 1. The number of hydrogen-bond acceptors (Lipinski definition) is 7. The van der Waals surface area contributed by atoms with Crippen LogP contribution in [-0.2, 0) is 13.2 Å². The van der Waals surface area contributed by atoms with Gasteiger partial charge in [0.25, 0.3) is 5.91 Å². The van der Waals surface area contributed by atoms with Crippen molar-refractivity contribution in [1.82, 2.24) is 25.2 Å². The fraction of sp³-hybridized carbons (Fsp3) is 0.214. The van der Waals surface area contributed by atoms with Gasteiger partial charge < -0.3 is 4.74 Å². The average Bonchev–Trinajstić information content (AvgIpc) is 3.24. The van der Waals surface area contributed by atoms with Crippen molar-refractivity contribution in [2.24, 2.45) is 0 Å². The molecule has 118 valence electrons. The fourth-order valence-electron chi connectivity index (χ4n) is 1.90. The molecule has 9 heteroatoms. The number of rotatable bonds is 6. The SMILES string of the molecule is CCn1nnnc1COc1cccc(C(=O)Nc2nccs2)c1. The molecule has 23 heavy (non-hydrogen) atoms. The summed E-state index contributed by atoms with van der Waals surface area (Å²) in [6.45, 7) is 2.85. The van der Waals surface area contributed by atoms with E-state index in [2.05, 4.69) is 25.8 Å². The number of nitrogens with one attached hydrogen (secondary N) is 1. The van der Waals surface area contributed by atoms with Gasteiger partial charge in [0.05, 0.1) is 0 Å². The van der Waals surface area contributed by atoms with Gasteiger partial charge in [0.15, 0.2) is 11.0 Å². The molecular formula is C14H14N6O2S. The van der Waals surface area contributed by atoms with Gasteiger partial charge in [-0.15, -0.1) is 16.4 Å². The molecule has 0 aliphatic rings. The van der Waals surface area contributed by atoms with Crippen LogP contribution in [-0.4, -0.2) is 31.1 Å². The zero-order valence-corrected chi connectivity index (χ0v) is 13.2. The quantitative estimate of drug-likeness (QED) is 0.742. The lowest BCUT2D eigenvalue weighted by Gasteiger charge is -2.07. The molecule has 0 atom stereocenters. The van der Waals surface area contributed by atoms with Crippen molar-refractivity contribution < 1.29 is 9.53 Å². The minimum atomic E-state index is -0.233. The Balaban J connectivity index is 1.66. The van der Waals surface area contributed by atoms with Gasteiger partial charge in [0, 0.05) is 23.7 Å². The molecule has 0 radical (unpaired) electrons.